The van der Waals surface area contributed by atoms with Gasteiger partial charge in [0.1, 0.15) is 5.78 Å². The first kappa shape index (κ1) is 9.59. The molecule has 0 aromatic rings. The molecule has 3 N–H and O–H groups in total. The molecule has 60 valence electrons. The monoisotopic (exact) mass is 145 g/mol. The Morgan fingerprint density at radius 3 is 2.40 bits per heavy atom. The lowest BCUT2D eigenvalue weighted by Gasteiger charge is -2.16. The second-order valence-corrected chi connectivity index (χ2v) is 3.18. The fourth-order valence-electron chi connectivity index (χ4n) is 0.721. The van der Waals surface area contributed by atoms with E-state index in [1.165, 1.54) is 0 Å². The van der Waals surface area contributed by atoms with Gasteiger partial charge in [-0.3, -0.25) is 4.79 Å². The minimum absolute atomic E-state index is 0.0231. The first-order valence-electron chi connectivity index (χ1n) is 3.37. The van der Waals surface area contributed by atoms with Crippen molar-refractivity contribution in [1.29, 1.82) is 0 Å². The average molecular weight is 145 g/mol. The minimum atomic E-state index is -0.438. The molecule has 10 heavy (non-hydrogen) atoms. The normalized spacial score (nSPS) is 11.6. The van der Waals surface area contributed by atoms with Gasteiger partial charge in [-0.1, -0.05) is 0 Å². The van der Waals surface area contributed by atoms with Crippen LogP contribution in [-0.2, 0) is 4.79 Å². The lowest BCUT2D eigenvalue weighted by atomic mass is 9.98. The number of carbonyl (C=O) groups is 1. The molecule has 3 nitrogen and oxygen atoms in total. The summed E-state index contributed by atoms with van der Waals surface area (Å²) in [5, 5.41) is 8.37. The van der Waals surface area contributed by atoms with Crippen molar-refractivity contribution >= 4 is 5.78 Å². The predicted molar refractivity (Wildman–Crippen MR) is 39.6 cm³/mol. The number of Topliss-reactive ketones (excluding diaryl/α,β-unsaturated/α-hetero) is 1. The molecule has 0 saturated carbocycles. The second-order valence-electron chi connectivity index (χ2n) is 3.18. The molecule has 3 heteroatoms. The van der Waals surface area contributed by atoms with E-state index >= 15 is 0 Å². The smallest absolute Gasteiger partial charge is 0.137 e. The molecule has 0 bridgehead atoms. The number of aliphatic hydroxyl groups is 1. The quantitative estimate of drug-likeness (QED) is 0.588. The Bertz CT molecular complexity index is 115. The van der Waals surface area contributed by atoms with Gasteiger partial charge in [-0.15, -0.1) is 0 Å². The van der Waals surface area contributed by atoms with Gasteiger partial charge in [-0.25, -0.2) is 0 Å². The van der Waals surface area contributed by atoms with E-state index in [4.69, 9.17) is 10.8 Å². The Morgan fingerprint density at radius 2 is 2.10 bits per heavy atom. The summed E-state index contributed by atoms with van der Waals surface area (Å²) in [6.45, 7) is 3.51. The number of carbonyl (C=O) groups excluding carboxylic acids is 1. The summed E-state index contributed by atoms with van der Waals surface area (Å²) in [6, 6.07) is 0. The van der Waals surface area contributed by atoms with E-state index in [2.05, 4.69) is 0 Å². The van der Waals surface area contributed by atoms with Crippen LogP contribution in [0.2, 0.25) is 0 Å². The van der Waals surface area contributed by atoms with Crippen molar-refractivity contribution in [1.82, 2.24) is 0 Å². The standard InChI is InChI=1S/C7H15NO2/c1-7(2,8)5-6(10)3-4-9/h9H,3-5,8H2,1-2H3. The molecule has 0 saturated heterocycles. The Balaban J connectivity index is 3.58. The van der Waals surface area contributed by atoms with E-state index in [1.54, 1.807) is 13.8 Å². The third-order valence-corrected chi connectivity index (χ3v) is 1.04. The molecule has 0 spiro atoms. The zero-order valence-corrected chi connectivity index (χ0v) is 6.55. The van der Waals surface area contributed by atoms with Gasteiger partial charge in [0.25, 0.3) is 0 Å². The van der Waals surface area contributed by atoms with Gasteiger partial charge in [-0.2, -0.15) is 0 Å². The summed E-state index contributed by atoms with van der Waals surface area (Å²) >= 11 is 0. The highest BCUT2D eigenvalue weighted by Crippen LogP contribution is 2.05. The molecular formula is C7H15NO2. The van der Waals surface area contributed by atoms with Gasteiger partial charge in [0, 0.05) is 25.0 Å². The number of hydrogen-bond donors (Lipinski definition) is 2. The topological polar surface area (TPSA) is 63.3 Å². The molecule has 0 heterocycles. The van der Waals surface area contributed by atoms with Gasteiger partial charge in [-0.05, 0) is 13.8 Å². The molecule has 0 rings (SSSR count). The fourth-order valence-corrected chi connectivity index (χ4v) is 0.721. The molecule has 0 aromatic carbocycles. The Morgan fingerprint density at radius 1 is 1.60 bits per heavy atom. The minimum Gasteiger partial charge on any atom is -0.396 e. The van der Waals surface area contributed by atoms with E-state index in [0.29, 0.717) is 6.42 Å². The van der Waals surface area contributed by atoms with Crippen LogP contribution < -0.4 is 5.73 Å². The molecule has 0 atom stereocenters. The summed E-state index contributed by atoms with van der Waals surface area (Å²) < 4.78 is 0. The second kappa shape index (κ2) is 3.68. The Hall–Kier alpha value is -0.410. The number of ketones is 1. The van der Waals surface area contributed by atoms with Crippen LogP contribution in [-0.4, -0.2) is 23.0 Å². The zero-order chi connectivity index (χ0) is 8.20. The summed E-state index contributed by atoms with van der Waals surface area (Å²) in [5.41, 5.74) is 5.13. The summed E-state index contributed by atoms with van der Waals surface area (Å²) in [5.74, 6) is 0.0231. The van der Waals surface area contributed by atoms with Crippen LogP contribution in [0.1, 0.15) is 26.7 Å². The third kappa shape index (κ3) is 5.72. The first-order chi connectivity index (χ1) is 4.45. The molecule has 0 amide bonds. The van der Waals surface area contributed by atoms with Crippen LogP contribution in [0, 0.1) is 0 Å². The number of hydrogen-bond acceptors (Lipinski definition) is 3. The molecule has 0 aliphatic carbocycles. The van der Waals surface area contributed by atoms with Gasteiger partial charge in [0.05, 0.1) is 0 Å². The summed E-state index contributed by atoms with van der Waals surface area (Å²) in [4.78, 5) is 10.8. The van der Waals surface area contributed by atoms with Crippen molar-refractivity contribution in [3.05, 3.63) is 0 Å². The predicted octanol–water partition coefficient (Wildman–Crippen LogP) is 0.0653. The van der Waals surface area contributed by atoms with Crippen molar-refractivity contribution in [2.24, 2.45) is 5.73 Å². The van der Waals surface area contributed by atoms with Crippen LogP contribution in [0.5, 0.6) is 0 Å². The molecule has 0 unspecified atom stereocenters. The van der Waals surface area contributed by atoms with Gasteiger partial charge in [0.15, 0.2) is 0 Å². The van der Waals surface area contributed by atoms with Crippen molar-refractivity contribution in [2.75, 3.05) is 6.61 Å². The van der Waals surface area contributed by atoms with Crippen LogP contribution >= 0.6 is 0 Å². The van der Waals surface area contributed by atoms with E-state index in [-0.39, 0.29) is 18.8 Å². The van der Waals surface area contributed by atoms with Crippen molar-refractivity contribution in [3.63, 3.8) is 0 Å². The molecule has 0 fully saturated rings. The van der Waals surface area contributed by atoms with Crippen LogP contribution in [0.15, 0.2) is 0 Å². The first-order valence-corrected chi connectivity index (χ1v) is 3.37. The highest BCUT2D eigenvalue weighted by molar-refractivity contribution is 5.79. The summed E-state index contributed by atoms with van der Waals surface area (Å²) in [6.07, 6.45) is 0.564. The summed E-state index contributed by atoms with van der Waals surface area (Å²) in [7, 11) is 0. The maximum Gasteiger partial charge on any atom is 0.137 e. The van der Waals surface area contributed by atoms with Gasteiger partial charge >= 0.3 is 0 Å². The van der Waals surface area contributed by atoms with E-state index in [0.717, 1.165) is 0 Å². The lowest BCUT2D eigenvalue weighted by Crippen LogP contribution is -2.34. The van der Waals surface area contributed by atoms with E-state index < -0.39 is 5.54 Å². The average Bonchev–Trinajstić information content (AvgIpc) is 1.59. The maximum absolute atomic E-state index is 10.8. The SMILES string of the molecule is CC(C)(N)CC(=O)CCO. The molecule has 0 aliphatic rings. The Labute approximate surface area is 61.2 Å². The maximum atomic E-state index is 10.8. The Kier molecular flexibility index (Phi) is 3.53. The van der Waals surface area contributed by atoms with Crippen LogP contribution in [0.3, 0.4) is 0 Å². The van der Waals surface area contributed by atoms with Crippen LogP contribution in [0.25, 0.3) is 0 Å². The lowest BCUT2D eigenvalue weighted by molar-refractivity contribution is -0.120. The third-order valence-electron chi connectivity index (χ3n) is 1.04. The molecule has 0 aliphatic heterocycles. The van der Waals surface area contributed by atoms with Gasteiger partial charge < -0.3 is 10.8 Å². The molecule has 0 radical (unpaired) electrons. The van der Waals surface area contributed by atoms with E-state index in [1.807, 2.05) is 0 Å². The van der Waals surface area contributed by atoms with Crippen molar-refractivity contribution in [3.8, 4) is 0 Å². The highest BCUT2D eigenvalue weighted by Gasteiger charge is 2.15. The van der Waals surface area contributed by atoms with Crippen molar-refractivity contribution in [2.45, 2.75) is 32.2 Å². The fraction of sp³-hybridized carbons (Fsp3) is 0.857. The number of rotatable bonds is 4. The van der Waals surface area contributed by atoms with Crippen LogP contribution in [0.4, 0.5) is 0 Å². The molecular weight excluding hydrogens is 130 g/mol. The highest BCUT2D eigenvalue weighted by atomic mass is 16.3. The van der Waals surface area contributed by atoms with Gasteiger partial charge in [0.2, 0.25) is 0 Å². The van der Waals surface area contributed by atoms with Crippen molar-refractivity contribution < 1.29 is 9.90 Å². The largest absolute Gasteiger partial charge is 0.396 e. The zero-order valence-electron chi connectivity index (χ0n) is 6.55. The number of aliphatic hydroxyl groups excluding tert-OH is 1. The number of nitrogens with two attached hydrogens (primary N) is 1. The molecule has 0 aromatic heterocycles. The van der Waals surface area contributed by atoms with E-state index in [9.17, 15) is 4.79 Å².